The van der Waals surface area contributed by atoms with Gasteiger partial charge in [0.25, 0.3) is 5.22 Å². The van der Waals surface area contributed by atoms with Crippen molar-refractivity contribution in [3.8, 4) is 0 Å². The molecule has 0 radical (unpaired) electrons. The van der Waals surface area contributed by atoms with Gasteiger partial charge in [-0.3, -0.25) is 4.79 Å². The lowest BCUT2D eigenvalue weighted by Gasteiger charge is -2.25. The quantitative estimate of drug-likeness (QED) is 0.647. The molecule has 0 N–H and O–H groups in total. The number of rotatable bonds is 4. The lowest BCUT2D eigenvalue weighted by atomic mass is 10.1. The van der Waals surface area contributed by atoms with Gasteiger partial charge in [0, 0.05) is 12.2 Å². The Morgan fingerprint density at radius 2 is 1.92 bits per heavy atom. The molecule has 5 heteroatoms. The molecule has 0 aliphatic carbocycles. The van der Waals surface area contributed by atoms with E-state index in [4.69, 9.17) is 4.42 Å². The van der Waals surface area contributed by atoms with Crippen LogP contribution in [0.25, 0.3) is 11.1 Å². The lowest BCUT2D eigenvalue weighted by molar-refractivity contribution is -0.118. The van der Waals surface area contributed by atoms with Gasteiger partial charge in [0.2, 0.25) is 5.91 Å². The van der Waals surface area contributed by atoms with Crippen molar-refractivity contribution in [3.63, 3.8) is 0 Å². The summed E-state index contributed by atoms with van der Waals surface area (Å²) in [6, 6.07) is 15.8. The van der Waals surface area contributed by atoms with Crippen LogP contribution in [-0.4, -0.2) is 22.7 Å². The van der Waals surface area contributed by atoms with Crippen molar-refractivity contribution in [3.05, 3.63) is 54.1 Å². The van der Waals surface area contributed by atoms with Gasteiger partial charge in [0.1, 0.15) is 5.52 Å². The average molecular weight is 352 g/mol. The topological polar surface area (TPSA) is 46.3 Å². The van der Waals surface area contributed by atoms with Gasteiger partial charge in [-0.1, -0.05) is 55.9 Å². The van der Waals surface area contributed by atoms with Crippen molar-refractivity contribution >= 4 is 34.5 Å². The highest BCUT2D eigenvalue weighted by atomic mass is 32.2. The number of thioether (sulfide) groups is 1. The minimum Gasteiger partial charge on any atom is -0.431 e. The second-order valence-electron chi connectivity index (χ2n) is 6.60. The van der Waals surface area contributed by atoms with Gasteiger partial charge in [-0.05, 0) is 36.1 Å². The van der Waals surface area contributed by atoms with Gasteiger partial charge in [0.15, 0.2) is 5.58 Å². The van der Waals surface area contributed by atoms with Gasteiger partial charge in [-0.15, -0.1) is 0 Å². The van der Waals surface area contributed by atoms with Crippen LogP contribution in [0.5, 0.6) is 0 Å². The van der Waals surface area contributed by atoms with E-state index in [9.17, 15) is 4.79 Å². The molecule has 2 heterocycles. The molecule has 1 unspecified atom stereocenters. The van der Waals surface area contributed by atoms with Gasteiger partial charge < -0.3 is 9.32 Å². The van der Waals surface area contributed by atoms with Crippen LogP contribution in [0.15, 0.2) is 58.2 Å². The largest absolute Gasteiger partial charge is 0.431 e. The van der Waals surface area contributed by atoms with E-state index in [1.165, 1.54) is 17.3 Å². The Hall–Kier alpha value is -2.27. The molecule has 1 aromatic heterocycles. The zero-order valence-electron chi connectivity index (χ0n) is 14.3. The van der Waals surface area contributed by atoms with Crippen LogP contribution in [0.2, 0.25) is 0 Å². The number of aromatic nitrogens is 1. The van der Waals surface area contributed by atoms with Gasteiger partial charge in [-0.2, -0.15) is 0 Å². The highest BCUT2D eigenvalue weighted by Crippen LogP contribution is 2.35. The number of amides is 1. The summed E-state index contributed by atoms with van der Waals surface area (Å²) in [4.78, 5) is 19.6. The van der Waals surface area contributed by atoms with E-state index >= 15 is 0 Å². The zero-order valence-corrected chi connectivity index (χ0v) is 15.1. The molecule has 0 bridgehead atoms. The number of benzene rings is 2. The first-order chi connectivity index (χ1) is 12.1. The lowest BCUT2D eigenvalue weighted by Crippen LogP contribution is -2.39. The fraction of sp³-hybridized carbons (Fsp3) is 0.300. The smallest absolute Gasteiger partial charge is 0.257 e. The van der Waals surface area contributed by atoms with Crippen molar-refractivity contribution in [2.24, 2.45) is 5.92 Å². The predicted octanol–water partition coefficient (Wildman–Crippen LogP) is 4.53. The molecular formula is C20H20N2O2S. The Morgan fingerprint density at radius 3 is 2.72 bits per heavy atom. The van der Waals surface area contributed by atoms with Crippen molar-refractivity contribution in [1.29, 1.82) is 0 Å². The maximum absolute atomic E-state index is 13.2. The number of fused-ring (bicyclic) bond motifs is 2. The molecule has 3 aromatic rings. The first kappa shape index (κ1) is 16.2. The predicted molar refractivity (Wildman–Crippen MR) is 101 cm³/mol. The highest BCUT2D eigenvalue weighted by Gasteiger charge is 2.33. The second kappa shape index (κ2) is 6.56. The number of para-hydroxylation sites is 3. The van der Waals surface area contributed by atoms with E-state index in [-0.39, 0.29) is 17.1 Å². The minimum absolute atomic E-state index is 0.132. The molecule has 2 aromatic carbocycles. The maximum Gasteiger partial charge on any atom is 0.257 e. The number of carbonyl (C=O) groups is 1. The van der Waals surface area contributed by atoms with Gasteiger partial charge in [-0.25, -0.2) is 4.98 Å². The van der Waals surface area contributed by atoms with Crippen molar-refractivity contribution in [2.45, 2.75) is 30.7 Å². The number of hydrogen-bond acceptors (Lipinski definition) is 4. The molecule has 1 aliphatic heterocycles. The molecule has 25 heavy (non-hydrogen) atoms. The van der Waals surface area contributed by atoms with Crippen LogP contribution in [-0.2, 0) is 11.2 Å². The van der Waals surface area contributed by atoms with Crippen molar-refractivity contribution in [2.75, 3.05) is 11.4 Å². The molecular weight excluding hydrogens is 332 g/mol. The Labute approximate surface area is 151 Å². The van der Waals surface area contributed by atoms with Crippen LogP contribution in [0.1, 0.15) is 19.4 Å². The third-order valence-corrected chi connectivity index (χ3v) is 5.88. The summed E-state index contributed by atoms with van der Waals surface area (Å²) in [5, 5.41) is 0.333. The fourth-order valence-electron chi connectivity index (χ4n) is 3.20. The number of nitrogens with zero attached hydrogens (tertiary/aromatic N) is 2. The van der Waals surface area contributed by atoms with Crippen LogP contribution in [0.4, 0.5) is 5.69 Å². The first-order valence-electron chi connectivity index (χ1n) is 8.55. The third-order valence-electron chi connectivity index (χ3n) is 4.50. The van der Waals surface area contributed by atoms with Gasteiger partial charge >= 0.3 is 0 Å². The van der Waals surface area contributed by atoms with Crippen LogP contribution in [0, 0.1) is 5.92 Å². The summed E-state index contributed by atoms with van der Waals surface area (Å²) in [7, 11) is 0. The summed E-state index contributed by atoms with van der Waals surface area (Å²) in [5.41, 5.74) is 3.86. The second-order valence-corrected chi connectivity index (χ2v) is 7.69. The molecule has 0 saturated heterocycles. The van der Waals surface area contributed by atoms with Crippen molar-refractivity contribution < 1.29 is 9.21 Å². The van der Waals surface area contributed by atoms with E-state index in [1.807, 2.05) is 47.4 Å². The Kier molecular flexibility index (Phi) is 4.25. The van der Waals surface area contributed by atoms with Crippen LogP contribution < -0.4 is 4.90 Å². The Balaban J connectivity index is 1.60. The molecule has 1 aliphatic rings. The van der Waals surface area contributed by atoms with Crippen molar-refractivity contribution in [1.82, 2.24) is 4.98 Å². The molecule has 4 nitrogen and oxygen atoms in total. The van der Waals surface area contributed by atoms with E-state index in [1.54, 1.807) is 0 Å². The summed E-state index contributed by atoms with van der Waals surface area (Å²) in [6.07, 6.45) is 0.917. The third kappa shape index (κ3) is 3.04. The van der Waals surface area contributed by atoms with E-state index in [0.717, 1.165) is 29.8 Å². The summed E-state index contributed by atoms with van der Waals surface area (Å²) < 4.78 is 5.81. The molecule has 0 fully saturated rings. The first-order valence-corrected chi connectivity index (χ1v) is 9.43. The standard InChI is InChI=1S/C20H20N2O2S/c1-13(2)18(25-20-21-15-8-4-6-10-17(15)24-20)19(23)22-12-11-14-7-3-5-9-16(14)22/h3-10,13,18H,11-12H2,1-2H3. The minimum atomic E-state index is -0.223. The summed E-state index contributed by atoms with van der Waals surface area (Å²) in [5.74, 6) is 0.312. The van der Waals surface area contributed by atoms with Gasteiger partial charge in [0.05, 0.1) is 5.25 Å². The number of oxazole rings is 1. The molecule has 4 rings (SSSR count). The Morgan fingerprint density at radius 1 is 1.16 bits per heavy atom. The normalized spacial score (nSPS) is 14.9. The van der Waals surface area contributed by atoms with E-state index in [0.29, 0.717) is 5.22 Å². The number of carbonyl (C=O) groups excluding carboxylic acids is 1. The number of hydrogen-bond donors (Lipinski definition) is 0. The molecule has 0 saturated carbocycles. The van der Waals surface area contributed by atoms with E-state index < -0.39 is 0 Å². The molecule has 0 spiro atoms. The van der Waals surface area contributed by atoms with E-state index in [2.05, 4.69) is 24.9 Å². The molecule has 128 valence electrons. The summed E-state index contributed by atoms with van der Waals surface area (Å²) >= 11 is 1.42. The van der Waals surface area contributed by atoms with Crippen LogP contribution >= 0.6 is 11.8 Å². The molecule has 1 amide bonds. The molecule has 1 atom stereocenters. The highest BCUT2D eigenvalue weighted by molar-refractivity contribution is 8.00. The SMILES string of the molecule is CC(C)C(Sc1nc2ccccc2o1)C(=O)N1CCc2ccccc21. The number of anilines is 1. The summed E-state index contributed by atoms with van der Waals surface area (Å²) in [6.45, 7) is 4.88. The Bertz CT molecular complexity index is 886. The maximum atomic E-state index is 13.2. The zero-order chi connectivity index (χ0) is 17.4. The fourth-order valence-corrected chi connectivity index (χ4v) is 4.21. The van der Waals surface area contributed by atoms with Crippen LogP contribution in [0.3, 0.4) is 0 Å². The average Bonchev–Trinajstić information content (AvgIpc) is 3.22. The monoisotopic (exact) mass is 352 g/mol.